The number of hydrogen-bond acceptors (Lipinski definition) is 10. The van der Waals surface area contributed by atoms with E-state index in [1.807, 2.05) is 55.1 Å². The first kappa shape index (κ1) is 41.5. The standard InChI is InChI=1S/C49H52N8O7/c1-28(2)41(55-48(60)62-4)46(58)57-20-8-11-39(57)44-50-36-18-14-32-23-30(12-16-34(32)42(36)53-44)31-13-17-35-33(24-31)15-19-37-43(35)54-45(51-37)40-25-49(63-21-22-64-49)27-56(40)26-38(52-47(59)61-3)29-9-6-5-7-10-29/h5-7,9-10,12-19,23-24,28,38-41H,8,11,20-22,25-27H2,1-4H3,(H,50,53)(H,51,54)(H,52,59)(H,55,60)/t38-,39-,40-,41-/m0/s1. The highest BCUT2D eigenvalue weighted by Gasteiger charge is 2.50. The Labute approximate surface area is 369 Å². The Hall–Kier alpha value is -6.55. The molecule has 1 spiro atoms. The van der Waals surface area contributed by atoms with Gasteiger partial charge in [-0.15, -0.1) is 0 Å². The molecule has 4 atom stereocenters. The molecule has 3 amide bonds. The largest absolute Gasteiger partial charge is 0.453 e. The minimum atomic E-state index is -0.751. The fraction of sp³-hybridized carbons (Fsp3) is 0.367. The first-order valence-electron chi connectivity index (χ1n) is 22.0. The Morgan fingerprint density at radius 3 is 1.97 bits per heavy atom. The van der Waals surface area contributed by atoms with E-state index in [-0.39, 0.29) is 30.0 Å². The number of nitrogens with one attached hydrogen (secondary N) is 4. The van der Waals surface area contributed by atoms with Crippen LogP contribution in [-0.4, -0.2) is 107 Å². The van der Waals surface area contributed by atoms with Crippen molar-refractivity contribution >= 4 is 61.7 Å². The summed E-state index contributed by atoms with van der Waals surface area (Å²) in [7, 11) is 2.67. The number of nitrogens with zero attached hydrogens (tertiary/aromatic N) is 4. The maximum Gasteiger partial charge on any atom is 0.407 e. The third kappa shape index (κ3) is 7.67. The Morgan fingerprint density at radius 2 is 1.38 bits per heavy atom. The number of ether oxygens (including phenoxy) is 4. The number of benzene rings is 5. The summed E-state index contributed by atoms with van der Waals surface area (Å²) >= 11 is 0. The second kappa shape index (κ2) is 16.9. The summed E-state index contributed by atoms with van der Waals surface area (Å²) in [6.07, 6.45) is 1.10. The smallest absolute Gasteiger partial charge is 0.407 e. The van der Waals surface area contributed by atoms with Gasteiger partial charge in [0.15, 0.2) is 5.79 Å². The number of fused-ring (bicyclic) bond motifs is 6. The van der Waals surface area contributed by atoms with Gasteiger partial charge in [0.2, 0.25) is 5.91 Å². The quantitative estimate of drug-likeness (QED) is 0.105. The van der Waals surface area contributed by atoms with Crippen molar-refractivity contribution in [2.45, 2.75) is 63.1 Å². The number of likely N-dealkylation sites (tertiary alicyclic amines) is 2. The van der Waals surface area contributed by atoms with Gasteiger partial charge in [0.05, 0.1) is 74.2 Å². The molecule has 0 aliphatic carbocycles. The Bertz CT molecular complexity index is 2890. The van der Waals surface area contributed by atoms with Gasteiger partial charge in [-0.05, 0) is 70.5 Å². The van der Waals surface area contributed by atoms with Crippen LogP contribution in [-0.2, 0) is 23.7 Å². The molecule has 4 N–H and O–H groups in total. The predicted octanol–water partition coefficient (Wildman–Crippen LogP) is 8.04. The van der Waals surface area contributed by atoms with Gasteiger partial charge < -0.3 is 44.4 Å². The highest BCUT2D eigenvalue weighted by atomic mass is 16.7. The number of rotatable bonds is 10. The molecule has 330 valence electrons. The van der Waals surface area contributed by atoms with Crippen molar-refractivity contribution in [3.05, 3.63) is 108 Å². The fourth-order valence-corrected chi connectivity index (χ4v) is 9.96. The SMILES string of the molecule is COC(=O)N[C@@H](CN1CC2(C[C@H]1c1nc3ccc4cc(-c5ccc6c(ccc7nc([C@@H]8CCCN8C(=O)[C@@H](NC(=O)OC)C(C)C)[nH]c76)c5)ccc4c3[nH]1)OCCO2)c1ccccc1. The van der Waals surface area contributed by atoms with E-state index >= 15 is 0 Å². The molecule has 7 aromatic rings. The molecule has 10 rings (SSSR count). The maximum atomic E-state index is 13.8. The summed E-state index contributed by atoms with van der Waals surface area (Å²) in [6, 6.07) is 29.8. The van der Waals surface area contributed by atoms with Crippen molar-refractivity contribution in [3.8, 4) is 11.1 Å². The number of imidazole rings is 2. The monoisotopic (exact) mass is 864 g/mol. The van der Waals surface area contributed by atoms with Crippen LogP contribution in [0.1, 0.15) is 68.4 Å². The van der Waals surface area contributed by atoms with Crippen LogP contribution in [0.25, 0.3) is 54.7 Å². The molecule has 5 aromatic carbocycles. The summed E-state index contributed by atoms with van der Waals surface area (Å²) in [4.78, 5) is 59.9. The van der Waals surface area contributed by atoms with Gasteiger partial charge >= 0.3 is 12.2 Å². The molecule has 5 heterocycles. The molecular formula is C49H52N8O7. The van der Waals surface area contributed by atoms with E-state index in [0.29, 0.717) is 39.3 Å². The third-order valence-electron chi connectivity index (χ3n) is 13.2. The second-order valence-corrected chi connectivity index (χ2v) is 17.4. The minimum Gasteiger partial charge on any atom is -0.453 e. The molecule has 64 heavy (non-hydrogen) atoms. The Morgan fingerprint density at radius 1 is 0.781 bits per heavy atom. The lowest BCUT2D eigenvalue weighted by atomic mass is 9.98. The van der Waals surface area contributed by atoms with Crippen molar-refractivity contribution in [2.75, 3.05) is 47.1 Å². The summed E-state index contributed by atoms with van der Waals surface area (Å²) in [5.74, 6) is 0.561. The molecule has 0 saturated carbocycles. The van der Waals surface area contributed by atoms with Gasteiger partial charge in [0.1, 0.15) is 17.7 Å². The van der Waals surface area contributed by atoms with E-state index in [0.717, 1.165) is 84.8 Å². The van der Waals surface area contributed by atoms with Gasteiger partial charge in [-0.25, -0.2) is 19.6 Å². The molecule has 15 nitrogen and oxygen atoms in total. The average molecular weight is 865 g/mol. The van der Waals surface area contributed by atoms with Crippen LogP contribution in [0.4, 0.5) is 9.59 Å². The van der Waals surface area contributed by atoms with Gasteiger partial charge in [0, 0.05) is 30.3 Å². The lowest BCUT2D eigenvalue weighted by Gasteiger charge is -2.29. The number of amides is 3. The number of aromatic nitrogens is 4. The van der Waals surface area contributed by atoms with Crippen LogP contribution in [0.2, 0.25) is 0 Å². The van der Waals surface area contributed by atoms with Crippen molar-refractivity contribution in [2.24, 2.45) is 5.92 Å². The number of carbonyl (C=O) groups excluding carboxylic acids is 3. The molecule has 15 heteroatoms. The third-order valence-corrected chi connectivity index (χ3v) is 13.2. The average Bonchev–Trinajstić information content (AvgIpc) is 4.18. The highest BCUT2D eigenvalue weighted by Crippen LogP contribution is 2.44. The molecule has 0 radical (unpaired) electrons. The van der Waals surface area contributed by atoms with Crippen molar-refractivity contribution in [1.82, 2.24) is 40.4 Å². The molecule has 3 aliphatic heterocycles. The number of aromatic amines is 2. The maximum absolute atomic E-state index is 13.8. The van der Waals surface area contributed by atoms with Crippen LogP contribution in [0.5, 0.6) is 0 Å². The molecular weight excluding hydrogens is 813 g/mol. The zero-order valence-electron chi connectivity index (χ0n) is 36.4. The van der Waals surface area contributed by atoms with Crippen molar-refractivity contribution in [3.63, 3.8) is 0 Å². The summed E-state index contributed by atoms with van der Waals surface area (Å²) in [5.41, 5.74) is 6.73. The van der Waals surface area contributed by atoms with E-state index in [9.17, 15) is 14.4 Å². The Balaban J connectivity index is 0.921. The number of alkyl carbamates (subject to hydrolysis) is 2. The van der Waals surface area contributed by atoms with E-state index in [4.69, 9.17) is 28.9 Å². The Kier molecular flexibility index (Phi) is 10.9. The molecule has 3 fully saturated rings. The summed E-state index contributed by atoms with van der Waals surface area (Å²) in [6.45, 7) is 6.50. The second-order valence-electron chi connectivity index (χ2n) is 17.4. The van der Waals surface area contributed by atoms with E-state index < -0.39 is 24.0 Å². The van der Waals surface area contributed by atoms with E-state index in [1.165, 1.54) is 14.2 Å². The van der Waals surface area contributed by atoms with Crippen LogP contribution in [0.3, 0.4) is 0 Å². The molecule has 2 aromatic heterocycles. The lowest BCUT2D eigenvalue weighted by Crippen LogP contribution is -2.51. The fourth-order valence-electron chi connectivity index (χ4n) is 9.96. The predicted molar refractivity (Wildman–Crippen MR) is 242 cm³/mol. The topological polar surface area (TPSA) is 176 Å². The summed E-state index contributed by atoms with van der Waals surface area (Å²) < 4.78 is 22.3. The number of carbonyl (C=O) groups is 3. The van der Waals surface area contributed by atoms with Crippen molar-refractivity contribution < 1.29 is 33.3 Å². The van der Waals surface area contributed by atoms with Crippen LogP contribution in [0, 0.1) is 5.92 Å². The van der Waals surface area contributed by atoms with Crippen molar-refractivity contribution in [1.29, 1.82) is 0 Å². The normalized spacial score (nSPS) is 19.6. The van der Waals surface area contributed by atoms with Crippen LogP contribution < -0.4 is 10.6 Å². The molecule has 0 unspecified atom stereocenters. The lowest BCUT2D eigenvalue weighted by molar-refractivity contribution is -0.146. The molecule has 3 saturated heterocycles. The molecule has 3 aliphatic rings. The number of hydrogen-bond donors (Lipinski definition) is 4. The van der Waals surface area contributed by atoms with E-state index in [1.54, 1.807) is 0 Å². The first-order valence-corrected chi connectivity index (χ1v) is 22.0. The zero-order chi connectivity index (χ0) is 44.1. The summed E-state index contributed by atoms with van der Waals surface area (Å²) in [5, 5.41) is 10.0. The van der Waals surface area contributed by atoms with Gasteiger partial charge in [0.25, 0.3) is 0 Å². The minimum absolute atomic E-state index is 0.114. The number of H-pyrrole nitrogens is 2. The van der Waals surface area contributed by atoms with Gasteiger partial charge in [-0.1, -0.05) is 80.6 Å². The highest BCUT2D eigenvalue weighted by molar-refractivity contribution is 6.07. The first-order chi connectivity index (χ1) is 31.1. The number of methoxy groups -OCH3 is 2. The van der Waals surface area contributed by atoms with Gasteiger partial charge in [-0.2, -0.15) is 0 Å². The van der Waals surface area contributed by atoms with E-state index in [2.05, 4.69) is 80.1 Å². The van der Waals surface area contributed by atoms with Crippen LogP contribution in [0.15, 0.2) is 91.0 Å². The van der Waals surface area contributed by atoms with Gasteiger partial charge in [-0.3, -0.25) is 9.69 Å². The zero-order valence-corrected chi connectivity index (χ0v) is 36.4. The van der Waals surface area contributed by atoms with Crippen LogP contribution >= 0.6 is 0 Å². The molecule has 0 bridgehead atoms.